The molecule has 112 valence electrons. The summed E-state index contributed by atoms with van der Waals surface area (Å²) in [6, 6.07) is 8.31. The van der Waals surface area contributed by atoms with E-state index < -0.39 is 17.2 Å². The van der Waals surface area contributed by atoms with Crippen LogP contribution in [0, 0.1) is 0 Å². The van der Waals surface area contributed by atoms with Gasteiger partial charge in [-0.2, -0.15) is 13.2 Å². The summed E-state index contributed by atoms with van der Waals surface area (Å²) < 4.78 is 39.1. The molecule has 8 heteroatoms. The van der Waals surface area contributed by atoms with Crippen molar-refractivity contribution in [2.24, 2.45) is 0 Å². The molecule has 1 aromatic heterocycles. The quantitative estimate of drug-likeness (QED) is 0.732. The van der Waals surface area contributed by atoms with Gasteiger partial charge in [0, 0.05) is 24.1 Å². The second kappa shape index (κ2) is 6.19. The largest absolute Gasteiger partial charge is 0.433 e. The Morgan fingerprint density at radius 2 is 1.90 bits per heavy atom. The third kappa shape index (κ3) is 4.07. The Morgan fingerprint density at radius 1 is 1.24 bits per heavy atom. The fraction of sp³-hybridized carbons (Fsp3) is 0.231. The van der Waals surface area contributed by atoms with E-state index in [-0.39, 0.29) is 5.82 Å². The van der Waals surface area contributed by atoms with Crippen LogP contribution in [0.3, 0.4) is 0 Å². The van der Waals surface area contributed by atoms with Crippen LogP contribution >= 0.6 is 27.5 Å². The van der Waals surface area contributed by atoms with E-state index in [1.165, 1.54) is 0 Å². The zero-order valence-corrected chi connectivity index (χ0v) is 13.2. The van der Waals surface area contributed by atoms with Crippen molar-refractivity contribution in [1.29, 1.82) is 0 Å². The molecule has 0 saturated carbocycles. The molecule has 3 nitrogen and oxygen atoms in total. The van der Waals surface area contributed by atoms with Gasteiger partial charge >= 0.3 is 6.18 Å². The molecular formula is C13H10BrClF3N3. The standard InChI is InChI=1S/C13H10BrClF3N3/c1-21(7-8-4-2-3-5-9(8)14)11-6-10(13(16,17)18)19-12(15)20-11/h2-6H,7H2,1H3. The van der Waals surface area contributed by atoms with Gasteiger partial charge in [0.1, 0.15) is 5.82 Å². The summed E-state index contributed by atoms with van der Waals surface area (Å²) in [5.41, 5.74) is -0.139. The lowest BCUT2D eigenvalue weighted by Crippen LogP contribution is -2.20. The van der Waals surface area contributed by atoms with E-state index in [4.69, 9.17) is 11.6 Å². The van der Waals surface area contributed by atoms with E-state index >= 15 is 0 Å². The number of anilines is 1. The molecule has 0 bridgehead atoms. The number of hydrogen-bond acceptors (Lipinski definition) is 3. The molecule has 0 aliphatic heterocycles. The molecule has 0 amide bonds. The summed E-state index contributed by atoms with van der Waals surface area (Å²) in [7, 11) is 1.64. The minimum absolute atomic E-state index is 0.109. The monoisotopic (exact) mass is 379 g/mol. The maximum atomic E-state index is 12.7. The lowest BCUT2D eigenvalue weighted by atomic mass is 10.2. The number of hydrogen-bond donors (Lipinski definition) is 0. The van der Waals surface area contributed by atoms with Crippen molar-refractivity contribution >= 4 is 33.3 Å². The highest BCUT2D eigenvalue weighted by Gasteiger charge is 2.34. The predicted octanol–water partition coefficient (Wildman–Crippen LogP) is 4.55. The van der Waals surface area contributed by atoms with E-state index in [1.807, 2.05) is 24.3 Å². The average Bonchev–Trinajstić information content (AvgIpc) is 2.39. The summed E-state index contributed by atoms with van der Waals surface area (Å²) in [5.74, 6) is 0.109. The molecule has 2 rings (SSSR count). The number of benzene rings is 1. The first kappa shape index (κ1) is 16.0. The summed E-state index contributed by atoms with van der Waals surface area (Å²) in [4.78, 5) is 8.62. The van der Waals surface area contributed by atoms with Crippen LogP contribution in [0.5, 0.6) is 0 Å². The smallest absolute Gasteiger partial charge is 0.355 e. The van der Waals surface area contributed by atoms with Gasteiger partial charge in [-0.1, -0.05) is 34.1 Å². The van der Waals surface area contributed by atoms with Gasteiger partial charge in [-0.25, -0.2) is 9.97 Å². The summed E-state index contributed by atoms with van der Waals surface area (Å²) >= 11 is 8.97. The van der Waals surface area contributed by atoms with Gasteiger partial charge in [-0.15, -0.1) is 0 Å². The van der Waals surface area contributed by atoms with Gasteiger partial charge in [0.15, 0.2) is 5.69 Å². The minimum atomic E-state index is -4.56. The van der Waals surface area contributed by atoms with Crippen molar-refractivity contribution < 1.29 is 13.2 Å². The molecule has 0 aliphatic carbocycles. The van der Waals surface area contributed by atoms with Gasteiger partial charge in [-0.05, 0) is 23.2 Å². The lowest BCUT2D eigenvalue weighted by molar-refractivity contribution is -0.141. The third-order valence-electron chi connectivity index (χ3n) is 2.73. The van der Waals surface area contributed by atoms with Crippen molar-refractivity contribution in [2.45, 2.75) is 12.7 Å². The van der Waals surface area contributed by atoms with Crippen LogP contribution < -0.4 is 4.90 Å². The van der Waals surface area contributed by atoms with Crippen LogP contribution in [0.15, 0.2) is 34.8 Å². The highest BCUT2D eigenvalue weighted by Crippen LogP contribution is 2.30. The first-order chi connectivity index (χ1) is 9.77. The topological polar surface area (TPSA) is 29.0 Å². The van der Waals surface area contributed by atoms with Gasteiger partial charge in [0.05, 0.1) is 0 Å². The van der Waals surface area contributed by atoms with Gasteiger partial charge in [0.25, 0.3) is 0 Å². The lowest BCUT2D eigenvalue weighted by Gasteiger charge is -2.20. The van der Waals surface area contributed by atoms with Crippen molar-refractivity contribution in [2.75, 3.05) is 11.9 Å². The molecule has 0 unspecified atom stereocenters. The van der Waals surface area contributed by atoms with Gasteiger partial charge in [0.2, 0.25) is 5.28 Å². The number of rotatable bonds is 3. The Kier molecular flexibility index (Phi) is 4.73. The third-order valence-corrected chi connectivity index (χ3v) is 3.67. The SMILES string of the molecule is CN(Cc1ccccc1Br)c1cc(C(F)(F)F)nc(Cl)n1. The summed E-state index contributed by atoms with van der Waals surface area (Å²) in [6.45, 7) is 0.381. The van der Waals surface area contributed by atoms with Crippen molar-refractivity contribution in [3.8, 4) is 0 Å². The molecule has 1 aromatic carbocycles. The minimum Gasteiger partial charge on any atom is -0.355 e. The van der Waals surface area contributed by atoms with Crippen LogP contribution in [0.25, 0.3) is 0 Å². The number of nitrogens with zero attached hydrogens (tertiary/aromatic N) is 3. The van der Waals surface area contributed by atoms with Crippen LogP contribution in [0.1, 0.15) is 11.3 Å². The zero-order valence-electron chi connectivity index (χ0n) is 10.8. The fourth-order valence-corrected chi connectivity index (χ4v) is 2.30. The molecule has 2 aromatic rings. The molecule has 0 N–H and O–H groups in total. The van der Waals surface area contributed by atoms with Crippen LogP contribution in [-0.2, 0) is 12.7 Å². The molecule has 0 atom stereocenters. The van der Waals surface area contributed by atoms with Gasteiger partial charge in [-0.3, -0.25) is 0 Å². The molecule has 0 spiro atoms. The Bertz CT molecular complexity index is 649. The van der Waals surface area contributed by atoms with Crippen molar-refractivity contribution in [1.82, 2.24) is 9.97 Å². The predicted molar refractivity (Wildman–Crippen MR) is 78.3 cm³/mol. The molecule has 0 saturated heterocycles. The second-order valence-electron chi connectivity index (χ2n) is 4.33. The Hall–Kier alpha value is -1.34. The normalized spacial score (nSPS) is 11.5. The van der Waals surface area contributed by atoms with Crippen molar-refractivity contribution in [3.05, 3.63) is 51.3 Å². The molecular weight excluding hydrogens is 371 g/mol. The van der Waals surface area contributed by atoms with E-state index in [9.17, 15) is 13.2 Å². The number of alkyl halides is 3. The molecule has 0 aliphatic rings. The fourth-order valence-electron chi connectivity index (χ4n) is 1.71. The average molecular weight is 381 g/mol. The Balaban J connectivity index is 2.29. The second-order valence-corrected chi connectivity index (χ2v) is 5.52. The molecule has 1 heterocycles. The summed E-state index contributed by atoms with van der Waals surface area (Å²) in [5, 5.41) is -0.432. The van der Waals surface area contributed by atoms with Gasteiger partial charge < -0.3 is 4.90 Å². The zero-order chi connectivity index (χ0) is 15.6. The molecule has 21 heavy (non-hydrogen) atoms. The Labute approximate surface area is 132 Å². The van der Waals surface area contributed by atoms with Crippen LogP contribution in [0.2, 0.25) is 5.28 Å². The van der Waals surface area contributed by atoms with E-state index in [2.05, 4.69) is 25.9 Å². The summed E-state index contributed by atoms with van der Waals surface area (Å²) in [6.07, 6.45) is -4.56. The number of aromatic nitrogens is 2. The van der Waals surface area contributed by atoms with E-state index in [1.54, 1.807) is 11.9 Å². The van der Waals surface area contributed by atoms with E-state index in [0.717, 1.165) is 16.1 Å². The maximum Gasteiger partial charge on any atom is 0.433 e. The molecule has 0 fully saturated rings. The van der Waals surface area contributed by atoms with Crippen LogP contribution in [-0.4, -0.2) is 17.0 Å². The maximum absolute atomic E-state index is 12.7. The van der Waals surface area contributed by atoms with Crippen LogP contribution in [0.4, 0.5) is 19.0 Å². The molecule has 0 radical (unpaired) electrons. The van der Waals surface area contributed by atoms with E-state index in [0.29, 0.717) is 6.54 Å². The van der Waals surface area contributed by atoms with Crippen molar-refractivity contribution in [3.63, 3.8) is 0 Å². The number of halogens is 5. The first-order valence-electron chi connectivity index (χ1n) is 5.83. The first-order valence-corrected chi connectivity index (χ1v) is 7.01. The highest BCUT2D eigenvalue weighted by atomic mass is 79.9. The Morgan fingerprint density at radius 3 is 2.52 bits per heavy atom. The highest BCUT2D eigenvalue weighted by molar-refractivity contribution is 9.10.